The Bertz CT molecular complexity index is 269. The van der Waals surface area contributed by atoms with Crippen molar-refractivity contribution in [2.75, 3.05) is 24.6 Å². The average molecular weight is 247 g/mol. The van der Waals surface area contributed by atoms with Gasteiger partial charge in [-0.2, -0.15) is 0 Å². The SMILES string of the molecule is CCCCCCS(=O)(=O)CC1CCNCC1. The van der Waals surface area contributed by atoms with Gasteiger partial charge in [0.1, 0.15) is 0 Å². The summed E-state index contributed by atoms with van der Waals surface area (Å²) in [6.07, 6.45) is 6.27. The van der Waals surface area contributed by atoms with E-state index in [1.165, 1.54) is 0 Å². The van der Waals surface area contributed by atoms with E-state index < -0.39 is 9.84 Å². The van der Waals surface area contributed by atoms with Crippen molar-refractivity contribution in [1.29, 1.82) is 0 Å². The Balaban J connectivity index is 2.22. The molecular weight excluding hydrogens is 222 g/mol. The van der Waals surface area contributed by atoms with E-state index in [1.807, 2.05) is 0 Å². The average Bonchev–Trinajstić information content (AvgIpc) is 2.25. The molecule has 0 bridgehead atoms. The third-order valence-electron chi connectivity index (χ3n) is 3.26. The molecule has 0 aromatic carbocycles. The van der Waals surface area contributed by atoms with Gasteiger partial charge in [0.15, 0.2) is 9.84 Å². The van der Waals surface area contributed by atoms with Crippen LogP contribution in [0.2, 0.25) is 0 Å². The molecular formula is C12H25NO2S. The Morgan fingerprint density at radius 3 is 2.44 bits per heavy atom. The summed E-state index contributed by atoms with van der Waals surface area (Å²) in [5.41, 5.74) is 0. The van der Waals surface area contributed by atoms with Crippen LogP contribution in [0.25, 0.3) is 0 Å². The van der Waals surface area contributed by atoms with Gasteiger partial charge in [-0.3, -0.25) is 0 Å². The van der Waals surface area contributed by atoms with Crippen LogP contribution < -0.4 is 5.32 Å². The highest BCUT2D eigenvalue weighted by atomic mass is 32.2. The quantitative estimate of drug-likeness (QED) is 0.700. The summed E-state index contributed by atoms with van der Waals surface area (Å²) in [5.74, 6) is 1.22. The maximum Gasteiger partial charge on any atom is 0.150 e. The first-order valence-corrected chi connectivity index (χ1v) is 8.37. The molecule has 0 saturated carbocycles. The second-order valence-electron chi connectivity index (χ2n) is 4.87. The van der Waals surface area contributed by atoms with E-state index in [0.29, 0.717) is 17.4 Å². The maximum atomic E-state index is 11.8. The van der Waals surface area contributed by atoms with Crippen molar-refractivity contribution in [3.05, 3.63) is 0 Å². The molecule has 1 N–H and O–H groups in total. The third-order valence-corrected chi connectivity index (χ3v) is 5.15. The largest absolute Gasteiger partial charge is 0.317 e. The van der Waals surface area contributed by atoms with E-state index in [-0.39, 0.29) is 0 Å². The summed E-state index contributed by atoms with van der Waals surface area (Å²) in [6, 6.07) is 0. The van der Waals surface area contributed by atoms with E-state index in [1.54, 1.807) is 0 Å². The molecule has 16 heavy (non-hydrogen) atoms. The predicted molar refractivity (Wildman–Crippen MR) is 68.4 cm³/mol. The highest BCUT2D eigenvalue weighted by Crippen LogP contribution is 2.15. The molecule has 4 heteroatoms. The Hall–Kier alpha value is -0.0900. The van der Waals surface area contributed by atoms with Gasteiger partial charge >= 0.3 is 0 Å². The first-order valence-electron chi connectivity index (χ1n) is 6.55. The molecule has 3 nitrogen and oxygen atoms in total. The van der Waals surface area contributed by atoms with Gasteiger partial charge in [-0.25, -0.2) is 8.42 Å². The van der Waals surface area contributed by atoms with Gasteiger partial charge in [0.2, 0.25) is 0 Å². The van der Waals surface area contributed by atoms with Crippen molar-refractivity contribution in [2.45, 2.75) is 45.4 Å². The molecule has 1 fully saturated rings. The summed E-state index contributed by atoms with van der Waals surface area (Å²) in [4.78, 5) is 0. The van der Waals surface area contributed by atoms with Gasteiger partial charge < -0.3 is 5.32 Å². The van der Waals surface area contributed by atoms with Crippen molar-refractivity contribution in [3.8, 4) is 0 Å². The van der Waals surface area contributed by atoms with Gasteiger partial charge in [0, 0.05) is 0 Å². The molecule has 1 heterocycles. The number of hydrogen-bond donors (Lipinski definition) is 1. The van der Waals surface area contributed by atoms with E-state index in [0.717, 1.165) is 51.6 Å². The van der Waals surface area contributed by atoms with Gasteiger partial charge in [0.05, 0.1) is 11.5 Å². The Morgan fingerprint density at radius 2 is 1.81 bits per heavy atom. The van der Waals surface area contributed by atoms with Crippen molar-refractivity contribution in [2.24, 2.45) is 5.92 Å². The topological polar surface area (TPSA) is 46.2 Å². The highest BCUT2D eigenvalue weighted by Gasteiger charge is 2.20. The lowest BCUT2D eigenvalue weighted by Crippen LogP contribution is -2.32. The molecule has 0 aromatic heterocycles. The molecule has 0 spiro atoms. The van der Waals surface area contributed by atoms with E-state index >= 15 is 0 Å². The van der Waals surface area contributed by atoms with Crippen LogP contribution in [0.15, 0.2) is 0 Å². The number of hydrogen-bond acceptors (Lipinski definition) is 3. The fraction of sp³-hybridized carbons (Fsp3) is 1.00. The summed E-state index contributed by atoms with van der Waals surface area (Å²) >= 11 is 0. The van der Waals surface area contributed by atoms with Crippen molar-refractivity contribution in [1.82, 2.24) is 5.32 Å². The van der Waals surface area contributed by atoms with Gasteiger partial charge in [0.25, 0.3) is 0 Å². The van der Waals surface area contributed by atoms with Crippen LogP contribution in [0.1, 0.15) is 45.4 Å². The maximum absolute atomic E-state index is 11.8. The third kappa shape index (κ3) is 5.85. The fourth-order valence-corrected chi connectivity index (χ4v) is 4.10. The Morgan fingerprint density at radius 1 is 1.12 bits per heavy atom. The van der Waals surface area contributed by atoms with Crippen LogP contribution in [0.5, 0.6) is 0 Å². The molecule has 1 aliphatic rings. The minimum atomic E-state index is -2.79. The van der Waals surface area contributed by atoms with Crippen molar-refractivity contribution < 1.29 is 8.42 Å². The van der Waals surface area contributed by atoms with Crippen LogP contribution in [0.4, 0.5) is 0 Å². The van der Waals surface area contributed by atoms with Gasteiger partial charge in [-0.1, -0.05) is 26.2 Å². The van der Waals surface area contributed by atoms with Crippen molar-refractivity contribution >= 4 is 9.84 Å². The van der Waals surface area contributed by atoms with E-state index in [4.69, 9.17) is 0 Å². The Labute approximate surface area is 99.9 Å². The standard InChI is InChI=1S/C12H25NO2S/c1-2-3-4-5-10-16(14,15)11-12-6-8-13-9-7-12/h12-13H,2-11H2,1H3. The van der Waals surface area contributed by atoms with Crippen LogP contribution in [-0.4, -0.2) is 33.0 Å². The lowest BCUT2D eigenvalue weighted by atomic mass is 10.0. The zero-order chi connectivity index (χ0) is 11.9. The lowest BCUT2D eigenvalue weighted by molar-refractivity contribution is 0.401. The highest BCUT2D eigenvalue weighted by molar-refractivity contribution is 7.91. The molecule has 0 aliphatic carbocycles. The zero-order valence-corrected chi connectivity index (χ0v) is 11.2. The molecule has 0 amide bonds. The Kier molecular flexibility index (Phi) is 6.36. The smallest absolute Gasteiger partial charge is 0.150 e. The number of unbranched alkanes of at least 4 members (excludes halogenated alkanes) is 3. The van der Waals surface area contributed by atoms with E-state index in [2.05, 4.69) is 12.2 Å². The summed E-state index contributed by atoms with van der Waals surface area (Å²) in [7, 11) is -2.79. The molecule has 0 aromatic rings. The molecule has 0 unspecified atom stereocenters. The first kappa shape index (κ1) is 14.0. The molecule has 0 atom stereocenters. The fourth-order valence-electron chi connectivity index (χ4n) is 2.24. The van der Waals surface area contributed by atoms with Crippen LogP contribution >= 0.6 is 0 Å². The molecule has 0 radical (unpaired) electrons. The molecule has 96 valence electrons. The summed E-state index contributed by atoms with van der Waals surface area (Å²) in [5, 5.41) is 3.27. The molecule has 1 rings (SSSR count). The molecule has 1 aliphatic heterocycles. The predicted octanol–water partition coefficient (Wildman–Crippen LogP) is 1.98. The van der Waals surface area contributed by atoms with Gasteiger partial charge in [-0.05, 0) is 38.3 Å². The number of piperidine rings is 1. The second kappa shape index (κ2) is 7.28. The monoisotopic (exact) mass is 247 g/mol. The summed E-state index contributed by atoms with van der Waals surface area (Å²) < 4.78 is 23.7. The number of nitrogens with one attached hydrogen (secondary N) is 1. The summed E-state index contributed by atoms with van der Waals surface area (Å²) in [6.45, 7) is 4.11. The minimum Gasteiger partial charge on any atom is -0.317 e. The normalized spacial score (nSPS) is 18.8. The molecule has 1 saturated heterocycles. The minimum absolute atomic E-state index is 0.400. The van der Waals surface area contributed by atoms with Crippen LogP contribution in [-0.2, 0) is 9.84 Å². The van der Waals surface area contributed by atoms with Crippen LogP contribution in [0.3, 0.4) is 0 Å². The van der Waals surface area contributed by atoms with Crippen LogP contribution in [0, 0.1) is 5.92 Å². The number of rotatable bonds is 7. The first-order chi connectivity index (χ1) is 7.64. The van der Waals surface area contributed by atoms with Crippen molar-refractivity contribution in [3.63, 3.8) is 0 Å². The second-order valence-corrected chi connectivity index (χ2v) is 7.10. The lowest BCUT2D eigenvalue weighted by Gasteiger charge is -2.22. The van der Waals surface area contributed by atoms with Gasteiger partial charge in [-0.15, -0.1) is 0 Å². The zero-order valence-electron chi connectivity index (χ0n) is 10.4. The van der Waals surface area contributed by atoms with E-state index in [9.17, 15) is 8.42 Å². The number of sulfone groups is 1.